The third-order valence-electron chi connectivity index (χ3n) is 4.96. The monoisotopic (exact) mass is 338 g/mol. The van der Waals surface area contributed by atoms with Gasteiger partial charge in [0.1, 0.15) is 0 Å². The Labute approximate surface area is 149 Å². The molecule has 25 heavy (non-hydrogen) atoms. The number of allylic oxidation sites excluding steroid dienone is 1. The molecule has 1 aromatic carbocycles. The summed E-state index contributed by atoms with van der Waals surface area (Å²) in [7, 11) is 1.39. The van der Waals surface area contributed by atoms with E-state index in [0.717, 1.165) is 48.1 Å². The number of hydrogen-bond donors (Lipinski definition) is 1. The molecule has 2 heterocycles. The van der Waals surface area contributed by atoms with Gasteiger partial charge in [-0.15, -0.1) is 0 Å². The summed E-state index contributed by atoms with van der Waals surface area (Å²) in [6.45, 7) is 8.19. The number of esters is 1. The van der Waals surface area contributed by atoms with Gasteiger partial charge < -0.3 is 14.6 Å². The first-order valence-electron chi connectivity index (χ1n) is 8.94. The molecule has 0 saturated heterocycles. The van der Waals surface area contributed by atoms with Crippen LogP contribution in [0.2, 0.25) is 0 Å². The van der Waals surface area contributed by atoms with Crippen LogP contribution in [-0.4, -0.2) is 36.1 Å². The average molecular weight is 338 g/mol. The number of fused-ring (bicyclic) bond motifs is 1. The van der Waals surface area contributed by atoms with E-state index in [0.29, 0.717) is 5.57 Å². The highest BCUT2D eigenvalue weighted by Crippen LogP contribution is 2.28. The van der Waals surface area contributed by atoms with E-state index >= 15 is 0 Å². The number of ether oxygens (including phenoxy) is 1. The maximum Gasteiger partial charge on any atom is 0.339 e. The Bertz CT molecular complexity index is 816. The topological polar surface area (TPSA) is 45.3 Å². The number of nitrogens with zero attached hydrogens (tertiary/aromatic N) is 1. The second kappa shape index (κ2) is 7.60. The van der Waals surface area contributed by atoms with Gasteiger partial charge in [-0.25, -0.2) is 4.79 Å². The van der Waals surface area contributed by atoms with Gasteiger partial charge >= 0.3 is 5.97 Å². The van der Waals surface area contributed by atoms with Crippen LogP contribution in [0.4, 0.5) is 0 Å². The Morgan fingerprint density at radius 2 is 2.16 bits per heavy atom. The van der Waals surface area contributed by atoms with Gasteiger partial charge in [0.25, 0.3) is 0 Å². The highest BCUT2D eigenvalue weighted by molar-refractivity contribution is 6.16. The Hall–Kier alpha value is -2.49. The van der Waals surface area contributed by atoms with Crippen molar-refractivity contribution in [3.8, 4) is 0 Å². The molecule has 4 nitrogen and oxygen atoms in total. The Kier molecular flexibility index (Phi) is 5.27. The third-order valence-corrected chi connectivity index (χ3v) is 4.96. The fourth-order valence-electron chi connectivity index (χ4n) is 3.54. The summed E-state index contributed by atoms with van der Waals surface area (Å²) in [6.07, 6.45) is 6.73. The summed E-state index contributed by atoms with van der Waals surface area (Å²) in [4.78, 5) is 17.7. The number of carbonyl (C=O) groups is 1. The Morgan fingerprint density at radius 3 is 2.92 bits per heavy atom. The minimum atomic E-state index is -0.390. The zero-order valence-electron chi connectivity index (χ0n) is 15.1. The summed E-state index contributed by atoms with van der Waals surface area (Å²) in [5, 5.41) is 1.15. The van der Waals surface area contributed by atoms with Crippen LogP contribution in [-0.2, 0) is 16.0 Å². The largest absolute Gasteiger partial charge is 0.465 e. The van der Waals surface area contributed by atoms with Crippen molar-refractivity contribution in [2.45, 2.75) is 32.6 Å². The molecule has 0 saturated carbocycles. The van der Waals surface area contributed by atoms with E-state index in [1.807, 2.05) is 18.2 Å². The minimum absolute atomic E-state index is 0.386. The number of benzene rings is 1. The normalized spacial score (nSPS) is 14.5. The predicted octanol–water partition coefficient (Wildman–Crippen LogP) is 4.29. The highest BCUT2D eigenvalue weighted by Gasteiger charge is 2.19. The average Bonchev–Trinajstić information content (AvgIpc) is 3.03. The standard InChI is InChI=1S/C21H26N2O2/c1-4-16-8-7-12-23(14-16)13-11-18-17-9-5-6-10-19(17)22-20(18)15(2)21(24)25-3/h5-6,9-10,14,22H,2,4,7-8,11-13H2,1,3H3. The number of rotatable bonds is 6. The van der Waals surface area contributed by atoms with Gasteiger partial charge in [-0.2, -0.15) is 0 Å². The maximum absolute atomic E-state index is 12.0. The zero-order valence-corrected chi connectivity index (χ0v) is 15.1. The lowest BCUT2D eigenvalue weighted by Gasteiger charge is -2.26. The van der Waals surface area contributed by atoms with Crippen molar-refractivity contribution in [2.75, 3.05) is 20.2 Å². The number of methoxy groups -OCH3 is 1. The van der Waals surface area contributed by atoms with Crippen molar-refractivity contribution in [2.24, 2.45) is 0 Å². The van der Waals surface area contributed by atoms with Crippen LogP contribution in [0.3, 0.4) is 0 Å². The molecule has 0 atom stereocenters. The van der Waals surface area contributed by atoms with Crippen molar-refractivity contribution >= 4 is 22.4 Å². The second-order valence-electron chi connectivity index (χ2n) is 6.52. The summed E-state index contributed by atoms with van der Waals surface area (Å²) in [5.74, 6) is -0.390. The molecule has 1 aliphatic heterocycles. The van der Waals surface area contributed by atoms with Gasteiger partial charge in [0.2, 0.25) is 0 Å². The van der Waals surface area contributed by atoms with Gasteiger partial charge in [-0.05, 0) is 43.5 Å². The molecule has 0 spiro atoms. The predicted molar refractivity (Wildman–Crippen MR) is 102 cm³/mol. The van der Waals surface area contributed by atoms with Crippen molar-refractivity contribution in [1.29, 1.82) is 0 Å². The molecule has 0 bridgehead atoms. The van der Waals surface area contributed by atoms with Crippen molar-refractivity contribution < 1.29 is 9.53 Å². The van der Waals surface area contributed by atoms with Crippen LogP contribution >= 0.6 is 0 Å². The fraction of sp³-hybridized carbons (Fsp3) is 0.381. The third kappa shape index (κ3) is 3.63. The van der Waals surface area contributed by atoms with E-state index in [1.165, 1.54) is 25.5 Å². The molecule has 0 radical (unpaired) electrons. The van der Waals surface area contributed by atoms with E-state index in [9.17, 15) is 4.79 Å². The number of carbonyl (C=O) groups excluding carboxylic acids is 1. The highest BCUT2D eigenvalue weighted by atomic mass is 16.5. The van der Waals surface area contributed by atoms with Crippen molar-refractivity contribution in [3.63, 3.8) is 0 Å². The molecule has 1 N–H and O–H groups in total. The van der Waals surface area contributed by atoms with E-state index in [1.54, 1.807) is 0 Å². The maximum atomic E-state index is 12.0. The van der Waals surface area contributed by atoms with Crippen molar-refractivity contribution in [1.82, 2.24) is 9.88 Å². The second-order valence-corrected chi connectivity index (χ2v) is 6.52. The van der Waals surface area contributed by atoms with Gasteiger partial charge in [-0.3, -0.25) is 0 Å². The number of aromatic nitrogens is 1. The molecule has 0 amide bonds. The molecule has 3 rings (SSSR count). The first kappa shape index (κ1) is 17.3. The number of H-pyrrole nitrogens is 1. The molecule has 1 aromatic heterocycles. The fourth-order valence-corrected chi connectivity index (χ4v) is 3.54. The van der Waals surface area contributed by atoms with Crippen LogP contribution in [0, 0.1) is 0 Å². The van der Waals surface area contributed by atoms with E-state index in [2.05, 4.69) is 35.7 Å². The van der Waals surface area contributed by atoms with Gasteiger partial charge in [-0.1, -0.05) is 37.3 Å². The van der Waals surface area contributed by atoms with E-state index in [4.69, 9.17) is 4.74 Å². The molecular weight excluding hydrogens is 312 g/mol. The molecule has 1 aliphatic rings. The first-order valence-corrected chi connectivity index (χ1v) is 8.94. The lowest BCUT2D eigenvalue weighted by atomic mass is 10.0. The number of nitrogens with one attached hydrogen (secondary N) is 1. The molecule has 0 unspecified atom stereocenters. The minimum Gasteiger partial charge on any atom is -0.465 e. The summed E-state index contributed by atoms with van der Waals surface area (Å²) >= 11 is 0. The van der Waals surface area contributed by atoms with E-state index in [-0.39, 0.29) is 5.97 Å². The van der Waals surface area contributed by atoms with Gasteiger partial charge in [0.05, 0.1) is 18.4 Å². The first-order chi connectivity index (χ1) is 12.1. The van der Waals surface area contributed by atoms with Gasteiger partial charge in [0.15, 0.2) is 0 Å². The van der Waals surface area contributed by atoms with Crippen LogP contribution < -0.4 is 0 Å². The molecule has 132 valence electrons. The van der Waals surface area contributed by atoms with Gasteiger partial charge in [0, 0.05) is 24.0 Å². The Balaban J connectivity index is 1.89. The summed E-state index contributed by atoms with van der Waals surface area (Å²) in [6, 6.07) is 8.15. The lowest BCUT2D eigenvalue weighted by Crippen LogP contribution is -2.25. The molecule has 0 fully saturated rings. The number of aromatic amines is 1. The lowest BCUT2D eigenvalue weighted by molar-refractivity contribution is -0.133. The molecule has 2 aromatic rings. The quantitative estimate of drug-likeness (QED) is 0.631. The number of para-hydroxylation sites is 1. The Morgan fingerprint density at radius 1 is 1.36 bits per heavy atom. The smallest absolute Gasteiger partial charge is 0.339 e. The summed E-state index contributed by atoms with van der Waals surface area (Å²) < 4.78 is 4.86. The van der Waals surface area contributed by atoms with Crippen LogP contribution in [0.1, 0.15) is 37.4 Å². The van der Waals surface area contributed by atoms with Crippen LogP contribution in [0.5, 0.6) is 0 Å². The zero-order chi connectivity index (χ0) is 17.8. The molecular formula is C21H26N2O2. The number of hydrogen-bond acceptors (Lipinski definition) is 3. The van der Waals surface area contributed by atoms with Crippen LogP contribution in [0.15, 0.2) is 42.6 Å². The van der Waals surface area contributed by atoms with Crippen molar-refractivity contribution in [3.05, 3.63) is 53.9 Å². The SMILES string of the molecule is C=C(C(=O)OC)c1[nH]c2ccccc2c1CCN1C=C(CC)CCC1. The van der Waals surface area contributed by atoms with Crippen LogP contribution in [0.25, 0.3) is 16.5 Å². The molecule has 0 aliphatic carbocycles. The summed E-state index contributed by atoms with van der Waals surface area (Å²) in [5.41, 5.74) is 4.87. The van der Waals surface area contributed by atoms with E-state index < -0.39 is 0 Å². The molecule has 4 heteroatoms.